The van der Waals surface area contributed by atoms with Gasteiger partial charge in [-0.2, -0.15) is 0 Å². The van der Waals surface area contributed by atoms with E-state index in [9.17, 15) is 45.3 Å². The molecule has 1 saturated heterocycles. The second-order valence-corrected chi connectivity index (χ2v) is 8.36. The zero-order chi connectivity index (χ0) is 24.9. The second-order valence-electron chi connectivity index (χ2n) is 8.36. The summed E-state index contributed by atoms with van der Waals surface area (Å²) in [6.07, 6.45) is -8.63. The Kier molecular flexibility index (Phi) is 6.10. The lowest BCUT2D eigenvalue weighted by atomic mass is 9.68. The van der Waals surface area contributed by atoms with E-state index in [0.717, 1.165) is 13.0 Å². The SMILES string of the molecule is CC(=O)OCC1OC(C2(O)c3cccc(O)c3C(=O)c3c(O)cc(CO)cc32)C(O)C(O)C1O. The quantitative estimate of drug-likeness (QED) is 0.262. The Labute approximate surface area is 193 Å². The number of fused-ring (bicyclic) bond motifs is 2. The number of carbonyl (C=O) groups is 2. The second kappa shape index (κ2) is 8.62. The van der Waals surface area contributed by atoms with Crippen LogP contribution in [0.2, 0.25) is 0 Å². The normalized spacial score (nSPS) is 30.4. The number of benzene rings is 2. The molecule has 34 heavy (non-hydrogen) atoms. The van der Waals surface area contributed by atoms with Gasteiger partial charge in [-0.1, -0.05) is 12.1 Å². The Hall–Kier alpha value is -3.06. The topological polar surface area (TPSA) is 194 Å². The fourth-order valence-electron chi connectivity index (χ4n) is 4.62. The number of rotatable bonds is 4. The highest BCUT2D eigenvalue weighted by molar-refractivity contribution is 6.16. The van der Waals surface area contributed by atoms with Gasteiger partial charge in [0.05, 0.1) is 17.7 Å². The Bertz CT molecular complexity index is 1150. The van der Waals surface area contributed by atoms with Gasteiger partial charge in [-0.15, -0.1) is 0 Å². The lowest BCUT2D eigenvalue weighted by molar-refractivity contribution is -0.266. The van der Waals surface area contributed by atoms with Crippen LogP contribution in [0.15, 0.2) is 30.3 Å². The van der Waals surface area contributed by atoms with Crippen molar-refractivity contribution < 1.29 is 54.8 Å². The van der Waals surface area contributed by atoms with Gasteiger partial charge < -0.3 is 45.2 Å². The monoisotopic (exact) mass is 476 g/mol. The third-order valence-electron chi connectivity index (χ3n) is 6.25. The van der Waals surface area contributed by atoms with Crippen molar-refractivity contribution in [2.75, 3.05) is 6.61 Å². The summed E-state index contributed by atoms with van der Waals surface area (Å²) in [5.41, 5.74) is -3.56. The van der Waals surface area contributed by atoms with Gasteiger partial charge in [0, 0.05) is 18.1 Å². The van der Waals surface area contributed by atoms with Crippen molar-refractivity contribution in [3.05, 3.63) is 58.1 Å². The molecule has 2 aromatic carbocycles. The number of aromatic hydroxyl groups is 2. The molecule has 2 aliphatic rings. The fourth-order valence-corrected chi connectivity index (χ4v) is 4.62. The van der Waals surface area contributed by atoms with Crippen LogP contribution in [-0.4, -0.2) is 84.6 Å². The molecule has 1 aliphatic carbocycles. The van der Waals surface area contributed by atoms with Crippen LogP contribution in [0.3, 0.4) is 0 Å². The molecule has 6 atom stereocenters. The Morgan fingerprint density at radius 3 is 2.35 bits per heavy atom. The summed E-state index contributed by atoms with van der Waals surface area (Å²) in [6.45, 7) is 0.0304. The number of ether oxygens (including phenoxy) is 2. The molecule has 0 aromatic heterocycles. The maximum absolute atomic E-state index is 13.2. The molecular weight excluding hydrogens is 452 g/mol. The van der Waals surface area contributed by atoms with Gasteiger partial charge in [0.25, 0.3) is 0 Å². The average Bonchev–Trinajstić information content (AvgIpc) is 2.79. The molecule has 4 rings (SSSR count). The molecule has 0 spiro atoms. The fraction of sp³-hybridized carbons (Fsp3) is 0.391. The molecule has 1 aliphatic heterocycles. The number of phenolic OH excluding ortho intramolecular Hbond substituents is 2. The van der Waals surface area contributed by atoms with Crippen molar-refractivity contribution >= 4 is 11.8 Å². The molecule has 0 saturated carbocycles. The minimum absolute atomic E-state index is 0.119. The highest BCUT2D eigenvalue weighted by atomic mass is 16.6. The molecule has 0 radical (unpaired) electrons. The Morgan fingerprint density at radius 2 is 1.71 bits per heavy atom. The number of hydrogen-bond acceptors (Lipinski definition) is 11. The van der Waals surface area contributed by atoms with Crippen molar-refractivity contribution in [1.29, 1.82) is 0 Å². The lowest BCUT2D eigenvalue weighted by Gasteiger charge is -2.49. The van der Waals surface area contributed by atoms with Crippen molar-refractivity contribution in [3.8, 4) is 11.5 Å². The van der Waals surface area contributed by atoms with Gasteiger partial charge in [-0.25, -0.2) is 0 Å². The van der Waals surface area contributed by atoms with E-state index in [-0.39, 0.29) is 22.3 Å². The summed E-state index contributed by atoms with van der Waals surface area (Å²) in [5.74, 6) is -2.63. The number of aliphatic hydroxyl groups is 5. The van der Waals surface area contributed by atoms with E-state index in [0.29, 0.717) is 0 Å². The first-order valence-electron chi connectivity index (χ1n) is 10.4. The first-order chi connectivity index (χ1) is 16.0. The summed E-state index contributed by atoms with van der Waals surface area (Å²) >= 11 is 0. The first kappa shape index (κ1) is 24.1. The average molecular weight is 476 g/mol. The van der Waals surface area contributed by atoms with Crippen LogP contribution in [0.5, 0.6) is 11.5 Å². The number of ketones is 1. The van der Waals surface area contributed by atoms with Crippen LogP contribution in [0, 0.1) is 0 Å². The molecule has 0 bridgehead atoms. The maximum Gasteiger partial charge on any atom is 0.302 e. The van der Waals surface area contributed by atoms with Crippen molar-refractivity contribution in [2.24, 2.45) is 0 Å². The zero-order valence-electron chi connectivity index (χ0n) is 18.0. The summed E-state index contributed by atoms with van der Waals surface area (Å²) in [4.78, 5) is 24.5. The van der Waals surface area contributed by atoms with E-state index in [1.807, 2.05) is 0 Å². The lowest BCUT2D eigenvalue weighted by Crippen LogP contribution is -2.65. The molecule has 11 heteroatoms. The van der Waals surface area contributed by atoms with Gasteiger partial charge in [0.15, 0.2) is 0 Å². The maximum atomic E-state index is 13.2. The van der Waals surface area contributed by atoms with Crippen molar-refractivity contribution in [3.63, 3.8) is 0 Å². The summed E-state index contributed by atoms with van der Waals surface area (Å²) in [5, 5.41) is 74.4. The molecule has 11 nitrogen and oxygen atoms in total. The number of hydrogen-bond donors (Lipinski definition) is 7. The zero-order valence-corrected chi connectivity index (χ0v) is 18.0. The highest BCUT2D eigenvalue weighted by Gasteiger charge is 2.58. The highest BCUT2D eigenvalue weighted by Crippen LogP contribution is 2.50. The third kappa shape index (κ3) is 3.54. The first-order valence-corrected chi connectivity index (χ1v) is 10.4. The largest absolute Gasteiger partial charge is 0.507 e. The van der Waals surface area contributed by atoms with Gasteiger partial charge in [0.1, 0.15) is 54.2 Å². The molecule has 7 N–H and O–H groups in total. The summed E-state index contributed by atoms with van der Waals surface area (Å²) < 4.78 is 10.6. The molecule has 1 fully saturated rings. The molecule has 0 amide bonds. The minimum Gasteiger partial charge on any atom is -0.507 e. The van der Waals surface area contributed by atoms with E-state index in [1.165, 1.54) is 24.3 Å². The number of phenols is 2. The van der Waals surface area contributed by atoms with Gasteiger partial charge >= 0.3 is 5.97 Å². The van der Waals surface area contributed by atoms with Crippen LogP contribution < -0.4 is 0 Å². The smallest absolute Gasteiger partial charge is 0.302 e. The van der Waals surface area contributed by atoms with E-state index in [4.69, 9.17) is 9.47 Å². The number of esters is 1. The van der Waals surface area contributed by atoms with Crippen molar-refractivity contribution in [1.82, 2.24) is 0 Å². The predicted octanol–water partition coefficient (Wildman–Crippen LogP) is -1.22. The van der Waals surface area contributed by atoms with Crippen molar-refractivity contribution in [2.45, 2.75) is 49.7 Å². The standard InChI is InChI=1S/C23H24O11/c1-9(25)33-8-15-18(28)20(30)21(31)22(34-15)23(32)11-3-2-4-13(26)16(11)19(29)17-12(23)5-10(7-24)6-14(17)27/h2-6,15,18,20-22,24,26-28,30-32H,7-8H2,1H3. The molecule has 182 valence electrons. The molecule has 2 aromatic rings. The van der Waals surface area contributed by atoms with Crippen LogP contribution in [0.4, 0.5) is 0 Å². The van der Waals surface area contributed by atoms with Gasteiger partial charge in [0.2, 0.25) is 5.78 Å². The van der Waals surface area contributed by atoms with Gasteiger partial charge in [-0.05, 0) is 23.8 Å². The van der Waals surface area contributed by atoms with E-state index in [1.54, 1.807) is 0 Å². The van der Waals surface area contributed by atoms with Gasteiger partial charge in [-0.3, -0.25) is 9.59 Å². The number of carbonyl (C=O) groups excluding carboxylic acids is 2. The Morgan fingerprint density at radius 1 is 1.03 bits per heavy atom. The number of aliphatic hydroxyl groups excluding tert-OH is 4. The van der Waals surface area contributed by atoms with Crippen LogP contribution in [-0.2, 0) is 26.5 Å². The predicted molar refractivity (Wildman–Crippen MR) is 112 cm³/mol. The molecule has 1 heterocycles. The Balaban J connectivity index is 1.95. The minimum atomic E-state index is -2.46. The molecular formula is C23H24O11. The summed E-state index contributed by atoms with van der Waals surface area (Å²) in [6, 6.07) is 6.18. The van der Waals surface area contributed by atoms with E-state index in [2.05, 4.69) is 0 Å². The van der Waals surface area contributed by atoms with Crippen LogP contribution >= 0.6 is 0 Å². The van der Waals surface area contributed by atoms with Crippen LogP contribution in [0.1, 0.15) is 39.5 Å². The van der Waals surface area contributed by atoms with E-state index < -0.39 is 78.1 Å². The van der Waals surface area contributed by atoms with Crippen LogP contribution in [0.25, 0.3) is 0 Å². The third-order valence-corrected chi connectivity index (χ3v) is 6.25. The summed E-state index contributed by atoms with van der Waals surface area (Å²) in [7, 11) is 0. The van der Waals surface area contributed by atoms with E-state index >= 15 is 0 Å². The molecule has 6 unspecified atom stereocenters.